The minimum atomic E-state index is -0.457. The zero-order chi connectivity index (χ0) is 22.5. The van der Waals surface area contributed by atoms with Crippen molar-refractivity contribution in [3.8, 4) is 0 Å². The van der Waals surface area contributed by atoms with Crippen molar-refractivity contribution in [3.05, 3.63) is 62.6 Å². The quantitative estimate of drug-likeness (QED) is 0.422. The number of nitrogens with one attached hydrogen (secondary N) is 1. The molecule has 8 nitrogen and oxygen atoms in total. The van der Waals surface area contributed by atoms with Crippen LogP contribution in [0, 0.1) is 5.92 Å². The van der Waals surface area contributed by atoms with Crippen LogP contribution in [0.15, 0.2) is 44.9 Å². The van der Waals surface area contributed by atoms with Crippen LogP contribution in [-0.4, -0.2) is 37.3 Å². The SMILES string of the molecule is CC(C)Cc1nc(SCC(=O)NCCc2ccccc2)c2c(=O)n(C)c(=O)n(C)c2n1. The van der Waals surface area contributed by atoms with Gasteiger partial charge in [-0.3, -0.25) is 18.7 Å². The molecule has 3 aromatic rings. The van der Waals surface area contributed by atoms with Gasteiger partial charge in [0, 0.05) is 27.1 Å². The van der Waals surface area contributed by atoms with Crippen molar-refractivity contribution in [2.75, 3.05) is 12.3 Å². The van der Waals surface area contributed by atoms with Crippen molar-refractivity contribution >= 4 is 28.7 Å². The molecule has 0 saturated heterocycles. The first-order valence-electron chi connectivity index (χ1n) is 10.2. The average Bonchev–Trinajstić information content (AvgIpc) is 2.74. The molecule has 0 bridgehead atoms. The number of benzene rings is 1. The van der Waals surface area contributed by atoms with Gasteiger partial charge in [0.25, 0.3) is 5.56 Å². The second kappa shape index (κ2) is 9.91. The molecular weight excluding hydrogens is 414 g/mol. The molecule has 1 aromatic carbocycles. The summed E-state index contributed by atoms with van der Waals surface area (Å²) in [4.78, 5) is 46.5. The first kappa shape index (κ1) is 22.7. The van der Waals surface area contributed by atoms with Crippen LogP contribution in [0.25, 0.3) is 11.0 Å². The van der Waals surface area contributed by atoms with Crippen molar-refractivity contribution in [1.29, 1.82) is 0 Å². The normalized spacial score (nSPS) is 11.3. The zero-order valence-corrected chi connectivity index (χ0v) is 19.0. The van der Waals surface area contributed by atoms with Gasteiger partial charge >= 0.3 is 5.69 Å². The first-order valence-corrected chi connectivity index (χ1v) is 11.2. The van der Waals surface area contributed by atoms with Crippen LogP contribution in [-0.2, 0) is 31.7 Å². The number of aromatic nitrogens is 4. The predicted molar refractivity (Wildman–Crippen MR) is 122 cm³/mol. The number of carbonyl (C=O) groups is 1. The summed E-state index contributed by atoms with van der Waals surface area (Å²) in [5, 5.41) is 3.59. The molecule has 0 saturated carbocycles. The summed E-state index contributed by atoms with van der Waals surface area (Å²) in [6.07, 6.45) is 1.35. The highest BCUT2D eigenvalue weighted by molar-refractivity contribution is 8.00. The van der Waals surface area contributed by atoms with Gasteiger partial charge in [-0.2, -0.15) is 0 Å². The Morgan fingerprint density at radius 2 is 1.81 bits per heavy atom. The number of hydrogen-bond donors (Lipinski definition) is 1. The molecule has 0 aliphatic rings. The largest absolute Gasteiger partial charge is 0.355 e. The standard InChI is InChI=1S/C22H27N5O3S/c1-14(2)12-16-24-19-18(21(29)27(4)22(30)26(19)3)20(25-16)31-13-17(28)23-11-10-15-8-6-5-7-9-15/h5-9,14H,10-13H2,1-4H3,(H,23,28). The van der Waals surface area contributed by atoms with Gasteiger partial charge in [-0.1, -0.05) is 55.9 Å². The lowest BCUT2D eigenvalue weighted by atomic mass is 10.1. The summed E-state index contributed by atoms with van der Waals surface area (Å²) in [5.74, 6) is 0.839. The molecule has 1 N–H and O–H groups in total. The van der Waals surface area contributed by atoms with E-state index in [4.69, 9.17) is 0 Å². The highest BCUT2D eigenvalue weighted by Crippen LogP contribution is 2.23. The molecule has 3 rings (SSSR count). The minimum Gasteiger partial charge on any atom is -0.355 e. The fraction of sp³-hybridized carbons (Fsp3) is 0.409. The van der Waals surface area contributed by atoms with Gasteiger partial charge in [-0.05, 0) is 17.9 Å². The summed E-state index contributed by atoms with van der Waals surface area (Å²) in [6.45, 7) is 4.62. The number of nitrogens with zero attached hydrogens (tertiary/aromatic N) is 4. The van der Waals surface area contributed by atoms with Gasteiger partial charge in [-0.15, -0.1) is 0 Å². The highest BCUT2D eigenvalue weighted by Gasteiger charge is 2.18. The maximum Gasteiger partial charge on any atom is 0.332 e. The Balaban J connectivity index is 1.82. The van der Waals surface area contributed by atoms with Crippen molar-refractivity contribution in [3.63, 3.8) is 0 Å². The van der Waals surface area contributed by atoms with Crippen LogP contribution < -0.4 is 16.6 Å². The Morgan fingerprint density at radius 1 is 1.10 bits per heavy atom. The Kier molecular flexibility index (Phi) is 7.27. The molecule has 0 atom stereocenters. The van der Waals surface area contributed by atoms with Gasteiger partial charge in [0.1, 0.15) is 16.2 Å². The average molecular weight is 442 g/mol. The third kappa shape index (κ3) is 5.41. The third-order valence-electron chi connectivity index (χ3n) is 4.82. The Labute approximate surface area is 184 Å². The smallest absolute Gasteiger partial charge is 0.332 e. The van der Waals surface area contributed by atoms with Gasteiger partial charge in [0.05, 0.1) is 5.75 Å². The van der Waals surface area contributed by atoms with Crippen LogP contribution >= 0.6 is 11.8 Å². The Hall–Kier alpha value is -2.94. The van der Waals surface area contributed by atoms with Crippen LogP contribution in [0.4, 0.5) is 0 Å². The predicted octanol–water partition coefficient (Wildman–Crippen LogP) is 1.68. The number of aryl methyl sites for hydroxylation is 1. The molecule has 2 heterocycles. The molecule has 31 heavy (non-hydrogen) atoms. The monoisotopic (exact) mass is 441 g/mol. The van der Waals surface area contributed by atoms with Crippen molar-refractivity contribution in [2.45, 2.75) is 31.7 Å². The van der Waals surface area contributed by atoms with E-state index < -0.39 is 11.2 Å². The maximum absolute atomic E-state index is 12.8. The summed E-state index contributed by atoms with van der Waals surface area (Å²) >= 11 is 1.19. The molecule has 0 radical (unpaired) electrons. The first-order chi connectivity index (χ1) is 14.8. The number of fused-ring (bicyclic) bond motifs is 1. The second-order valence-electron chi connectivity index (χ2n) is 7.82. The number of hydrogen-bond acceptors (Lipinski definition) is 6. The number of rotatable bonds is 8. The fourth-order valence-corrected chi connectivity index (χ4v) is 4.07. The van der Waals surface area contributed by atoms with Crippen molar-refractivity contribution in [2.24, 2.45) is 20.0 Å². The lowest BCUT2D eigenvalue weighted by Gasteiger charge is -2.12. The van der Waals surface area contributed by atoms with Crippen molar-refractivity contribution in [1.82, 2.24) is 24.4 Å². The van der Waals surface area contributed by atoms with E-state index in [1.807, 2.05) is 44.2 Å². The summed E-state index contributed by atoms with van der Waals surface area (Å²) in [5.41, 5.74) is 0.549. The van der Waals surface area contributed by atoms with Crippen LogP contribution in [0.5, 0.6) is 0 Å². The highest BCUT2D eigenvalue weighted by atomic mass is 32.2. The van der Waals surface area contributed by atoms with E-state index in [-0.39, 0.29) is 17.0 Å². The fourth-order valence-electron chi connectivity index (χ4n) is 3.21. The van der Waals surface area contributed by atoms with E-state index in [9.17, 15) is 14.4 Å². The van der Waals surface area contributed by atoms with Crippen molar-refractivity contribution < 1.29 is 4.79 Å². The van der Waals surface area contributed by atoms with E-state index >= 15 is 0 Å². The van der Waals surface area contributed by atoms with E-state index in [0.717, 1.165) is 16.6 Å². The molecule has 2 aromatic heterocycles. The maximum atomic E-state index is 12.8. The molecule has 1 amide bonds. The van der Waals surface area contributed by atoms with Gasteiger partial charge in [-0.25, -0.2) is 14.8 Å². The number of amides is 1. The second-order valence-corrected chi connectivity index (χ2v) is 8.79. The molecule has 0 aliphatic carbocycles. The molecule has 0 aliphatic heterocycles. The zero-order valence-electron chi connectivity index (χ0n) is 18.2. The molecular formula is C22H27N5O3S. The molecule has 0 spiro atoms. The van der Waals surface area contributed by atoms with E-state index in [0.29, 0.717) is 35.4 Å². The topological polar surface area (TPSA) is 98.9 Å². The van der Waals surface area contributed by atoms with Crippen LogP contribution in [0.1, 0.15) is 25.2 Å². The summed E-state index contributed by atoms with van der Waals surface area (Å²) < 4.78 is 2.39. The van der Waals surface area contributed by atoms with Gasteiger partial charge in [0.15, 0.2) is 5.65 Å². The Morgan fingerprint density at radius 3 is 2.48 bits per heavy atom. The molecule has 0 fully saturated rings. The lowest BCUT2D eigenvalue weighted by molar-refractivity contribution is -0.118. The summed E-state index contributed by atoms with van der Waals surface area (Å²) in [6, 6.07) is 9.93. The minimum absolute atomic E-state index is 0.119. The molecule has 164 valence electrons. The van der Waals surface area contributed by atoms with Crippen LogP contribution in [0.2, 0.25) is 0 Å². The molecule has 9 heteroatoms. The summed E-state index contributed by atoms with van der Waals surface area (Å²) in [7, 11) is 3.01. The Bertz CT molecular complexity index is 1200. The third-order valence-corrected chi connectivity index (χ3v) is 5.80. The van der Waals surface area contributed by atoms with E-state index in [1.165, 1.54) is 23.4 Å². The van der Waals surface area contributed by atoms with E-state index in [2.05, 4.69) is 15.3 Å². The lowest BCUT2D eigenvalue weighted by Crippen LogP contribution is -2.38. The van der Waals surface area contributed by atoms with Gasteiger partial charge < -0.3 is 5.32 Å². The van der Waals surface area contributed by atoms with E-state index in [1.54, 1.807) is 7.05 Å². The van der Waals surface area contributed by atoms with Gasteiger partial charge in [0.2, 0.25) is 5.91 Å². The van der Waals surface area contributed by atoms with Crippen LogP contribution in [0.3, 0.4) is 0 Å². The number of carbonyl (C=O) groups excluding carboxylic acids is 1. The number of thioether (sulfide) groups is 1. The molecule has 0 unspecified atom stereocenters.